The van der Waals surface area contributed by atoms with Crippen molar-refractivity contribution in [2.24, 2.45) is 0 Å². The molecule has 0 radical (unpaired) electrons. The van der Waals surface area contributed by atoms with Crippen LogP contribution in [-0.2, 0) is 19.1 Å². The molecule has 6 heteroatoms. The van der Waals surface area contributed by atoms with Gasteiger partial charge in [-0.05, 0) is 38.5 Å². The first-order valence-corrected chi connectivity index (χ1v) is 10.6. The molecule has 0 aromatic heterocycles. The van der Waals surface area contributed by atoms with Crippen LogP contribution in [0, 0.1) is 0 Å². The first kappa shape index (κ1) is 29.6. The minimum Gasteiger partial charge on any atom is -0.550 e. The molecule has 0 rings (SSSR count). The summed E-state index contributed by atoms with van der Waals surface area (Å²) in [6, 6.07) is 0. The van der Waals surface area contributed by atoms with Gasteiger partial charge in [0.2, 0.25) is 0 Å². The second kappa shape index (κ2) is 22.6. The van der Waals surface area contributed by atoms with Crippen LogP contribution in [0.3, 0.4) is 0 Å². The number of carboxylic acids is 1. The zero-order valence-corrected chi connectivity index (χ0v) is 20.0. The second-order valence-electron chi connectivity index (χ2n) is 7.05. The molecule has 0 atom stereocenters. The number of esters is 2. The van der Waals surface area contributed by atoms with Crippen molar-refractivity contribution in [3.05, 3.63) is 12.2 Å². The van der Waals surface area contributed by atoms with E-state index in [4.69, 9.17) is 0 Å². The minimum atomic E-state index is -1.32. The summed E-state index contributed by atoms with van der Waals surface area (Å²) in [4.78, 5) is 32.8. The summed E-state index contributed by atoms with van der Waals surface area (Å²) in [6.07, 6.45) is 19.4. The van der Waals surface area contributed by atoms with Crippen molar-refractivity contribution in [3.63, 3.8) is 0 Å². The zero-order chi connectivity index (χ0) is 20.2. The molecule has 0 aromatic carbocycles. The van der Waals surface area contributed by atoms with E-state index in [0.29, 0.717) is 6.42 Å². The number of carbonyl (C=O) groups excluding carboxylic acids is 3. The number of hydrogen-bond acceptors (Lipinski definition) is 5. The Labute approximate surface area is 193 Å². The van der Waals surface area contributed by atoms with Gasteiger partial charge in [-0.3, -0.25) is 9.59 Å². The van der Waals surface area contributed by atoms with Crippen molar-refractivity contribution in [1.82, 2.24) is 0 Å². The van der Waals surface area contributed by atoms with E-state index in [1.54, 1.807) is 0 Å². The van der Waals surface area contributed by atoms with Crippen molar-refractivity contribution in [2.45, 2.75) is 110 Å². The molecule has 0 bridgehead atoms. The number of carbonyl (C=O) groups is 3. The van der Waals surface area contributed by atoms with Gasteiger partial charge < -0.3 is 14.6 Å². The number of carboxylic acid groups (broad SMARTS) is 1. The fraction of sp³-hybridized carbons (Fsp3) is 0.773. The van der Waals surface area contributed by atoms with Crippen LogP contribution in [-0.4, -0.2) is 17.9 Å². The monoisotopic (exact) mass is 404 g/mol. The molecule has 156 valence electrons. The molecule has 0 aromatic rings. The normalized spacial score (nSPS) is 10.6. The molecule has 28 heavy (non-hydrogen) atoms. The van der Waals surface area contributed by atoms with Crippen LogP contribution in [0.2, 0.25) is 0 Å². The quantitative estimate of drug-likeness (QED) is 0.114. The van der Waals surface area contributed by atoms with Crippen molar-refractivity contribution >= 4 is 17.9 Å². The number of unbranched alkanes of at least 4 members (excludes halogenated alkanes) is 11. The molecule has 0 aliphatic rings. The van der Waals surface area contributed by atoms with Crippen molar-refractivity contribution in [1.29, 1.82) is 0 Å². The Bertz CT molecular complexity index is 435. The molecule has 0 saturated carbocycles. The van der Waals surface area contributed by atoms with E-state index in [-0.39, 0.29) is 42.4 Å². The molecule has 0 unspecified atom stereocenters. The fourth-order valence-electron chi connectivity index (χ4n) is 2.77. The second-order valence-corrected chi connectivity index (χ2v) is 7.05. The van der Waals surface area contributed by atoms with Gasteiger partial charge in [-0.15, -0.1) is 0 Å². The summed E-state index contributed by atoms with van der Waals surface area (Å²) in [5.74, 6) is -2.69. The largest absolute Gasteiger partial charge is 1.00 e. The molecule has 5 nitrogen and oxygen atoms in total. The molecule has 0 aliphatic heterocycles. The Balaban J connectivity index is 0. The van der Waals surface area contributed by atoms with Gasteiger partial charge in [0, 0.05) is 12.4 Å². The molecule has 0 spiro atoms. The van der Waals surface area contributed by atoms with E-state index in [1.807, 2.05) is 0 Å². The van der Waals surface area contributed by atoms with Crippen molar-refractivity contribution < 1.29 is 53.8 Å². The van der Waals surface area contributed by atoms with E-state index < -0.39 is 24.3 Å². The molecule has 0 saturated heterocycles. The smallest absolute Gasteiger partial charge is 0.550 e. The van der Waals surface area contributed by atoms with Crippen molar-refractivity contribution in [2.75, 3.05) is 0 Å². The minimum absolute atomic E-state index is 0. The van der Waals surface area contributed by atoms with Crippen LogP contribution in [0.5, 0.6) is 0 Å². The van der Waals surface area contributed by atoms with Gasteiger partial charge in [-0.2, -0.15) is 0 Å². The first-order valence-electron chi connectivity index (χ1n) is 10.6. The molecule has 0 aliphatic carbocycles. The van der Waals surface area contributed by atoms with Gasteiger partial charge in [0.05, 0.1) is 6.42 Å². The van der Waals surface area contributed by atoms with Gasteiger partial charge in [-0.1, -0.05) is 70.4 Å². The summed E-state index contributed by atoms with van der Waals surface area (Å²) < 4.78 is 4.54. The standard InChI is InChI=1S/C22H38O5.Na/c1-2-3-4-5-6-7-8-9-10-11-12-13-14-15-16-17-21(25)27-22(26)19-18-20(23)24;/h9-10H,2-8,11-19H2,1H3,(H,23,24);/q;+1/p-1. The summed E-state index contributed by atoms with van der Waals surface area (Å²) in [6.45, 7) is 2.24. The van der Waals surface area contributed by atoms with Gasteiger partial charge in [-0.25, -0.2) is 0 Å². The Morgan fingerprint density at radius 2 is 1.14 bits per heavy atom. The number of allylic oxidation sites excluding steroid dienone is 2. The molecule has 0 amide bonds. The molecule has 0 N–H and O–H groups in total. The Morgan fingerprint density at radius 1 is 0.679 bits per heavy atom. The topological polar surface area (TPSA) is 83.5 Å². The van der Waals surface area contributed by atoms with E-state index in [0.717, 1.165) is 25.7 Å². The summed E-state index contributed by atoms with van der Waals surface area (Å²) in [5.41, 5.74) is 0. The van der Waals surface area contributed by atoms with Crippen LogP contribution in [0.15, 0.2) is 12.2 Å². The van der Waals surface area contributed by atoms with Crippen molar-refractivity contribution in [3.8, 4) is 0 Å². The predicted octanol–water partition coefficient (Wildman–Crippen LogP) is 1.63. The molecule has 0 fully saturated rings. The first-order chi connectivity index (χ1) is 13.1. The summed E-state index contributed by atoms with van der Waals surface area (Å²) in [5, 5.41) is 10.2. The molecular weight excluding hydrogens is 367 g/mol. The van der Waals surface area contributed by atoms with Gasteiger partial charge in [0.1, 0.15) is 0 Å². The van der Waals surface area contributed by atoms with Crippen LogP contribution < -0.4 is 34.7 Å². The Morgan fingerprint density at radius 3 is 1.68 bits per heavy atom. The number of ether oxygens (including phenoxy) is 1. The Hall–Kier alpha value is -0.650. The molecule has 0 heterocycles. The average molecular weight is 405 g/mol. The molecular formula is C22H37NaO5. The average Bonchev–Trinajstić information content (AvgIpc) is 2.63. The Kier molecular flexibility index (Phi) is 23.9. The van der Waals surface area contributed by atoms with E-state index >= 15 is 0 Å². The van der Waals surface area contributed by atoms with Crippen LogP contribution >= 0.6 is 0 Å². The van der Waals surface area contributed by atoms with E-state index in [9.17, 15) is 19.5 Å². The van der Waals surface area contributed by atoms with E-state index in [1.165, 1.54) is 51.4 Å². The van der Waals surface area contributed by atoms with Crippen LogP contribution in [0.4, 0.5) is 0 Å². The third-order valence-corrected chi connectivity index (χ3v) is 4.40. The fourth-order valence-corrected chi connectivity index (χ4v) is 2.77. The van der Waals surface area contributed by atoms with Crippen LogP contribution in [0.25, 0.3) is 0 Å². The maximum Gasteiger partial charge on any atom is 1.00 e. The predicted molar refractivity (Wildman–Crippen MR) is 105 cm³/mol. The maximum atomic E-state index is 11.4. The number of hydrogen-bond donors (Lipinski definition) is 0. The summed E-state index contributed by atoms with van der Waals surface area (Å²) in [7, 11) is 0. The third kappa shape index (κ3) is 23.4. The maximum absolute atomic E-state index is 11.4. The number of rotatable bonds is 18. The van der Waals surface area contributed by atoms with Gasteiger partial charge in [0.15, 0.2) is 0 Å². The summed E-state index contributed by atoms with van der Waals surface area (Å²) >= 11 is 0. The number of aliphatic carboxylic acids is 1. The SMILES string of the molecule is CCCCCCCCC=CCCCCCCCC(=O)OC(=O)CCC(=O)[O-].[Na+]. The van der Waals surface area contributed by atoms with E-state index in [2.05, 4.69) is 23.8 Å². The van der Waals surface area contributed by atoms with Crippen LogP contribution in [0.1, 0.15) is 110 Å². The van der Waals surface area contributed by atoms with Gasteiger partial charge >= 0.3 is 41.5 Å². The zero-order valence-electron chi connectivity index (χ0n) is 18.0. The third-order valence-electron chi connectivity index (χ3n) is 4.40. The van der Waals surface area contributed by atoms with Gasteiger partial charge in [0.25, 0.3) is 0 Å².